The van der Waals surface area contributed by atoms with Crippen molar-refractivity contribution in [3.05, 3.63) is 102 Å². The van der Waals surface area contributed by atoms with Crippen LogP contribution >= 0.6 is 0 Å². The Morgan fingerprint density at radius 1 is 0.516 bits per heavy atom. The molecule has 1 aromatic heterocycles. The van der Waals surface area contributed by atoms with Gasteiger partial charge in [-0.05, 0) is 57.3 Å². The highest BCUT2D eigenvalue weighted by atomic mass is 16.5. The lowest BCUT2D eigenvalue weighted by atomic mass is 9.84. The minimum Gasteiger partial charge on any atom is -0.361 e. The Balaban J connectivity index is 1.87. The number of nitrogens with zero attached hydrogens (tertiary/aromatic N) is 1. The predicted octanol–water partition coefficient (Wildman–Crippen LogP) is 8.09. The Kier molecular flexibility index (Phi) is 3.94. The molecular formula is C29H21NO. The van der Waals surface area contributed by atoms with Crippen molar-refractivity contribution in [2.45, 2.75) is 13.8 Å². The van der Waals surface area contributed by atoms with Gasteiger partial charge in [0.25, 0.3) is 0 Å². The smallest absolute Gasteiger partial charge is 0.141 e. The molecule has 0 saturated carbocycles. The largest absolute Gasteiger partial charge is 0.361 e. The summed E-state index contributed by atoms with van der Waals surface area (Å²) in [6, 6.07) is 32.6. The van der Waals surface area contributed by atoms with Crippen LogP contribution in [0.3, 0.4) is 0 Å². The summed E-state index contributed by atoms with van der Waals surface area (Å²) < 4.78 is 5.57. The van der Waals surface area contributed by atoms with Crippen molar-refractivity contribution < 1.29 is 4.52 Å². The van der Waals surface area contributed by atoms with Crippen molar-refractivity contribution in [1.82, 2.24) is 5.16 Å². The molecule has 1 heterocycles. The molecule has 0 amide bonds. The Hall–Kier alpha value is -3.91. The van der Waals surface area contributed by atoms with Crippen LogP contribution in [0.15, 0.2) is 95.5 Å². The third kappa shape index (κ3) is 2.62. The number of benzene rings is 5. The van der Waals surface area contributed by atoms with Gasteiger partial charge in [-0.25, -0.2) is 0 Å². The van der Waals surface area contributed by atoms with Gasteiger partial charge >= 0.3 is 0 Å². The molecule has 0 aliphatic carbocycles. The van der Waals surface area contributed by atoms with Crippen molar-refractivity contribution in [2.75, 3.05) is 0 Å². The van der Waals surface area contributed by atoms with Crippen LogP contribution in [0, 0.1) is 13.8 Å². The Morgan fingerprint density at radius 3 is 1.61 bits per heavy atom. The average molecular weight is 399 g/mol. The molecule has 0 N–H and O–H groups in total. The highest BCUT2D eigenvalue weighted by Gasteiger charge is 2.21. The normalized spacial score (nSPS) is 11.5. The molecule has 0 fully saturated rings. The minimum atomic E-state index is 0.853. The molecule has 2 heteroatoms. The van der Waals surface area contributed by atoms with Crippen LogP contribution in [0.25, 0.3) is 54.6 Å². The summed E-state index contributed by atoms with van der Waals surface area (Å²) in [6.07, 6.45) is 0. The lowest BCUT2D eigenvalue weighted by Crippen LogP contribution is -1.92. The minimum absolute atomic E-state index is 0.853. The third-order valence-corrected chi connectivity index (χ3v) is 6.27. The average Bonchev–Trinajstić information content (AvgIpc) is 3.15. The van der Waals surface area contributed by atoms with Crippen LogP contribution in [-0.4, -0.2) is 5.16 Å². The van der Waals surface area contributed by atoms with Gasteiger partial charge in [0.15, 0.2) is 0 Å². The van der Waals surface area contributed by atoms with Gasteiger partial charge in [-0.15, -0.1) is 0 Å². The molecule has 2 nitrogen and oxygen atoms in total. The second-order valence-corrected chi connectivity index (χ2v) is 8.07. The molecule has 0 atom stereocenters. The summed E-state index contributed by atoms with van der Waals surface area (Å²) in [5.74, 6) is 0.853. The summed E-state index contributed by atoms with van der Waals surface area (Å²) >= 11 is 0. The van der Waals surface area contributed by atoms with Crippen LogP contribution < -0.4 is 0 Å². The Labute approximate surface area is 180 Å². The van der Waals surface area contributed by atoms with Crippen LogP contribution in [-0.2, 0) is 0 Å². The summed E-state index contributed by atoms with van der Waals surface area (Å²) in [4.78, 5) is 0. The van der Waals surface area contributed by atoms with Crippen molar-refractivity contribution in [3.8, 4) is 22.3 Å². The molecule has 0 spiro atoms. The maximum Gasteiger partial charge on any atom is 0.141 e. The molecule has 0 unspecified atom stereocenters. The second-order valence-electron chi connectivity index (χ2n) is 8.07. The van der Waals surface area contributed by atoms with E-state index in [0.717, 1.165) is 17.0 Å². The standard InChI is InChI=1S/C29H21NO/c1-18-27(19(2)31-30-18)29-25-15-7-5-13-23(25)28(24-14-6-8-16-26(24)29)22-17-9-11-20-10-3-4-12-21(20)22/h3-17H,1-2H3. The SMILES string of the molecule is Cc1noc(C)c1-c1c2ccccc2c(-c2cccc3ccccc23)c2ccccc12. The fourth-order valence-corrected chi connectivity index (χ4v) is 4.97. The Morgan fingerprint density at radius 2 is 1.03 bits per heavy atom. The van der Waals surface area contributed by atoms with Gasteiger partial charge in [0.2, 0.25) is 0 Å². The number of aryl methyl sites for hydroxylation is 2. The summed E-state index contributed by atoms with van der Waals surface area (Å²) in [6.45, 7) is 4.02. The molecule has 6 rings (SSSR count). The van der Waals surface area contributed by atoms with E-state index in [1.165, 1.54) is 49.0 Å². The number of hydrogen-bond donors (Lipinski definition) is 0. The van der Waals surface area contributed by atoms with E-state index in [2.05, 4.69) is 96.2 Å². The third-order valence-electron chi connectivity index (χ3n) is 6.27. The highest BCUT2D eigenvalue weighted by molar-refractivity contribution is 6.23. The molecule has 0 radical (unpaired) electrons. The number of aromatic nitrogens is 1. The first-order valence-electron chi connectivity index (χ1n) is 10.6. The van der Waals surface area contributed by atoms with Gasteiger partial charge < -0.3 is 4.52 Å². The van der Waals surface area contributed by atoms with E-state index in [-0.39, 0.29) is 0 Å². The van der Waals surface area contributed by atoms with Crippen LogP contribution in [0.4, 0.5) is 0 Å². The van der Waals surface area contributed by atoms with Crippen LogP contribution in [0.2, 0.25) is 0 Å². The van der Waals surface area contributed by atoms with Crippen molar-refractivity contribution in [2.24, 2.45) is 0 Å². The van der Waals surface area contributed by atoms with Crippen LogP contribution in [0.1, 0.15) is 11.5 Å². The van der Waals surface area contributed by atoms with E-state index in [0.29, 0.717) is 0 Å². The maximum absolute atomic E-state index is 5.57. The molecular weight excluding hydrogens is 378 g/mol. The zero-order valence-corrected chi connectivity index (χ0v) is 17.5. The monoisotopic (exact) mass is 399 g/mol. The van der Waals surface area contributed by atoms with Gasteiger partial charge in [-0.3, -0.25) is 0 Å². The Bertz CT molecular complexity index is 1520. The topological polar surface area (TPSA) is 26.0 Å². The van der Waals surface area contributed by atoms with E-state index >= 15 is 0 Å². The van der Waals surface area contributed by atoms with Gasteiger partial charge in [0.05, 0.1) is 5.69 Å². The first kappa shape index (κ1) is 17.9. The van der Waals surface area contributed by atoms with E-state index in [1.54, 1.807) is 0 Å². The zero-order chi connectivity index (χ0) is 20.9. The number of hydrogen-bond acceptors (Lipinski definition) is 2. The second kappa shape index (κ2) is 6.82. The highest BCUT2D eigenvalue weighted by Crippen LogP contribution is 2.46. The van der Waals surface area contributed by atoms with E-state index in [4.69, 9.17) is 4.52 Å². The molecule has 5 aromatic carbocycles. The van der Waals surface area contributed by atoms with Crippen molar-refractivity contribution in [1.29, 1.82) is 0 Å². The molecule has 0 aliphatic heterocycles. The first-order valence-corrected chi connectivity index (χ1v) is 10.6. The summed E-state index contributed by atoms with van der Waals surface area (Å²) in [5.41, 5.74) is 5.75. The van der Waals surface area contributed by atoms with E-state index < -0.39 is 0 Å². The molecule has 0 bridgehead atoms. The maximum atomic E-state index is 5.57. The van der Waals surface area contributed by atoms with Crippen molar-refractivity contribution >= 4 is 32.3 Å². The number of rotatable bonds is 2. The predicted molar refractivity (Wildman–Crippen MR) is 129 cm³/mol. The molecule has 0 saturated heterocycles. The molecule has 148 valence electrons. The summed E-state index contributed by atoms with van der Waals surface area (Å²) in [5, 5.41) is 11.7. The van der Waals surface area contributed by atoms with E-state index in [1.807, 2.05) is 13.8 Å². The quantitative estimate of drug-likeness (QED) is 0.275. The fraction of sp³-hybridized carbons (Fsp3) is 0.0690. The fourth-order valence-electron chi connectivity index (χ4n) is 4.97. The molecule has 6 aromatic rings. The lowest BCUT2D eigenvalue weighted by molar-refractivity contribution is 0.393. The van der Waals surface area contributed by atoms with Gasteiger partial charge in [-0.2, -0.15) is 0 Å². The van der Waals surface area contributed by atoms with Gasteiger partial charge in [-0.1, -0.05) is 96.2 Å². The van der Waals surface area contributed by atoms with E-state index in [9.17, 15) is 0 Å². The van der Waals surface area contributed by atoms with Gasteiger partial charge in [0, 0.05) is 11.1 Å². The van der Waals surface area contributed by atoms with Gasteiger partial charge in [0.1, 0.15) is 5.76 Å². The number of fused-ring (bicyclic) bond motifs is 3. The molecule has 31 heavy (non-hydrogen) atoms. The zero-order valence-electron chi connectivity index (χ0n) is 17.5. The van der Waals surface area contributed by atoms with Crippen LogP contribution in [0.5, 0.6) is 0 Å². The first-order chi connectivity index (χ1) is 15.2. The summed E-state index contributed by atoms with van der Waals surface area (Å²) in [7, 11) is 0. The van der Waals surface area contributed by atoms with Crippen molar-refractivity contribution in [3.63, 3.8) is 0 Å². The molecule has 0 aliphatic rings. The lowest BCUT2D eigenvalue weighted by Gasteiger charge is -2.18.